The number of pyridine rings is 1. The van der Waals surface area contributed by atoms with Crippen molar-refractivity contribution in [3.05, 3.63) is 52.5 Å². The van der Waals surface area contributed by atoms with Crippen molar-refractivity contribution in [1.82, 2.24) is 19.4 Å². The summed E-state index contributed by atoms with van der Waals surface area (Å²) in [6, 6.07) is 3.50. The minimum atomic E-state index is -0.735. The van der Waals surface area contributed by atoms with Gasteiger partial charge in [-0.2, -0.15) is 4.98 Å². The largest absolute Gasteiger partial charge is 0.496 e. The molecule has 0 radical (unpaired) electrons. The summed E-state index contributed by atoms with van der Waals surface area (Å²) in [5, 5.41) is 3.01. The van der Waals surface area contributed by atoms with Crippen LogP contribution < -0.4 is 20.3 Å². The van der Waals surface area contributed by atoms with E-state index >= 15 is 0 Å². The van der Waals surface area contributed by atoms with Gasteiger partial charge in [0, 0.05) is 41.9 Å². The van der Waals surface area contributed by atoms with Gasteiger partial charge in [-0.25, -0.2) is 9.78 Å². The number of fused-ring (bicyclic) bond motifs is 1. The predicted molar refractivity (Wildman–Crippen MR) is 144 cm³/mol. The van der Waals surface area contributed by atoms with E-state index in [-0.39, 0.29) is 36.7 Å². The Morgan fingerprint density at radius 3 is 2.38 bits per heavy atom. The molecule has 12 nitrogen and oxygen atoms in total. The molecule has 0 atom stereocenters. The standard InChI is InChI=1S/C27H31N5O7/c1-7-22(33)31-13-18(14-31)39-9-8-32-24-17(12-28-26(29-24)30-27(35)38-6)10-19(25(32)34)23-15(2)20(36-4)11-21(37-5)16(23)3/h7,10-12,18H,1,8-9,13-14H2,2-6H3,(H,28,29,30,35). The Balaban J connectivity index is 1.77. The smallest absolute Gasteiger partial charge is 0.413 e. The number of benzene rings is 1. The van der Waals surface area contributed by atoms with Gasteiger partial charge in [-0.1, -0.05) is 6.58 Å². The van der Waals surface area contributed by atoms with Gasteiger partial charge < -0.3 is 23.8 Å². The van der Waals surface area contributed by atoms with Gasteiger partial charge in [-0.05, 0) is 37.1 Å². The van der Waals surface area contributed by atoms with Crippen molar-refractivity contribution in [2.24, 2.45) is 0 Å². The Labute approximate surface area is 225 Å². The second-order valence-electron chi connectivity index (χ2n) is 8.95. The van der Waals surface area contributed by atoms with Crippen LogP contribution in [0.5, 0.6) is 11.5 Å². The Bertz CT molecular complexity index is 1470. The van der Waals surface area contributed by atoms with Gasteiger partial charge in [0.15, 0.2) is 0 Å². The van der Waals surface area contributed by atoms with Crippen molar-refractivity contribution >= 4 is 29.0 Å². The molecule has 2 amide bonds. The second kappa shape index (κ2) is 11.5. The Kier molecular flexibility index (Phi) is 8.15. The summed E-state index contributed by atoms with van der Waals surface area (Å²) >= 11 is 0. The molecular weight excluding hydrogens is 506 g/mol. The molecule has 4 rings (SSSR count). The second-order valence-corrected chi connectivity index (χ2v) is 8.95. The zero-order valence-electron chi connectivity index (χ0n) is 22.6. The first-order valence-corrected chi connectivity index (χ1v) is 12.2. The van der Waals surface area contributed by atoms with Crippen LogP contribution in [0.3, 0.4) is 0 Å². The Morgan fingerprint density at radius 2 is 1.79 bits per heavy atom. The number of methoxy groups -OCH3 is 3. The van der Waals surface area contributed by atoms with Gasteiger partial charge in [0.2, 0.25) is 11.9 Å². The Morgan fingerprint density at radius 1 is 1.13 bits per heavy atom. The minimum Gasteiger partial charge on any atom is -0.496 e. The fourth-order valence-corrected chi connectivity index (χ4v) is 4.60. The summed E-state index contributed by atoms with van der Waals surface area (Å²) in [6.07, 6.45) is 1.92. The van der Waals surface area contributed by atoms with Crippen LogP contribution in [-0.4, -0.2) is 78.6 Å². The molecule has 0 unspecified atom stereocenters. The summed E-state index contributed by atoms with van der Waals surface area (Å²) in [5.41, 5.74) is 2.66. The number of nitrogens with zero attached hydrogens (tertiary/aromatic N) is 4. The molecule has 1 aliphatic rings. The third-order valence-corrected chi connectivity index (χ3v) is 6.69. The predicted octanol–water partition coefficient (Wildman–Crippen LogP) is 2.68. The summed E-state index contributed by atoms with van der Waals surface area (Å²) in [5.74, 6) is 1.01. The van der Waals surface area contributed by atoms with E-state index in [1.807, 2.05) is 13.8 Å². The number of hydrogen-bond donors (Lipinski definition) is 1. The number of nitrogens with one attached hydrogen (secondary N) is 1. The fraction of sp³-hybridized carbons (Fsp3) is 0.370. The maximum atomic E-state index is 14.0. The van der Waals surface area contributed by atoms with E-state index in [1.165, 1.54) is 23.9 Å². The summed E-state index contributed by atoms with van der Waals surface area (Å²) in [7, 11) is 4.35. The van der Waals surface area contributed by atoms with Crippen molar-refractivity contribution in [1.29, 1.82) is 0 Å². The maximum absolute atomic E-state index is 14.0. The van der Waals surface area contributed by atoms with E-state index in [1.54, 1.807) is 31.3 Å². The molecule has 206 valence electrons. The third-order valence-electron chi connectivity index (χ3n) is 6.69. The first kappa shape index (κ1) is 27.6. The summed E-state index contributed by atoms with van der Waals surface area (Å²) in [4.78, 5) is 47.7. The van der Waals surface area contributed by atoms with Crippen LogP contribution >= 0.6 is 0 Å². The molecule has 3 heterocycles. The highest BCUT2D eigenvalue weighted by Crippen LogP contribution is 2.38. The highest BCUT2D eigenvalue weighted by Gasteiger charge is 2.30. The van der Waals surface area contributed by atoms with Crippen molar-refractivity contribution < 1.29 is 28.5 Å². The number of hydrogen-bond acceptors (Lipinski definition) is 9. The molecule has 0 saturated carbocycles. The van der Waals surface area contributed by atoms with Crippen molar-refractivity contribution in [2.45, 2.75) is 26.5 Å². The highest BCUT2D eigenvalue weighted by molar-refractivity contribution is 5.88. The quantitative estimate of drug-likeness (QED) is 0.409. The summed E-state index contributed by atoms with van der Waals surface area (Å²) in [6.45, 7) is 8.53. The number of carbonyl (C=O) groups excluding carboxylic acids is 2. The van der Waals surface area contributed by atoms with E-state index in [0.717, 1.165) is 11.1 Å². The number of amides is 2. The molecule has 39 heavy (non-hydrogen) atoms. The van der Waals surface area contributed by atoms with E-state index in [2.05, 4.69) is 26.6 Å². The van der Waals surface area contributed by atoms with Crippen LogP contribution in [0, 0.1) is 13.8 Å². The average molecular weight is 538 g/mol. The van der Waals surface area contributed by atoms with Gasteiger partial charge in [0.25, 0.3) is 5.56 Å². The molecular formula is C27H31N5O7. The maximum Gasteiger partial charge on any atom is 0.413 e. The van der Waals surface area contributed by atoms with Crippen LogP contribution in [0.15, 0.2) is 35.8 Å². The Hall–Kier alpha value is -4.45. The lowest BCUT2D eigenvalue weighted by Gasteiger charge is -2.38. The van der Waals surface area contributed by atoms with Gasteiger partial charge in [0.05, 0.1) is 40.6 Å². The SMILES string of the molecule is C=CC(=O)N1CC(OCCn2c(=O)c(-c3c(C)c(OC)cc(OC)c3C)cc3cnc(NC(=O)OC)nc32)C1. The number of anilines is 1. The van der Waals surface area contributed by atoms with Gasteiger partial charge in [0.1, 0.15) is 17.1 Å². The van der Waals surface area contributed by atoms with Gasteiger partial charge in [-0.3, -0.25) is 19.5 Å². The minimum absolute atomic E-state index is 0.0100. The number of ether oxygens (including phenoxy) is 4. The molecule has 0 spiro atoms. The fourth-order valence-electron chi connectivity index (χ4n) is 4.60. The number of rotatable bonds is 9. The third kappa shape index (κ3) is 5.41. The van der Waals surface area contributed by atoms with E-state index < -0.39 is 6.09 Å². The monoisotopic (exact) mass is 537 g/mol. The van der Waals surface area contributed by atoms with Gasteiger partial charge in [-0.15, -0.1) is 0 Å². The van der Waals surface area contributed by atoms with Crippen LogP contribution in [-0.2, 0) is 20.8 Å². The number of aromatic nitrogens is 3. The molecule has 1 saturated heterocycles. The van der Waals surface area contributed by atoms with Crippen molar-refractivity contribution in [3.63, 3.8) is 0 Å². The first-order valence-electron chi connectivity index (χ1n) is 12.2. The molecule has 1 aliphatic heterocycles. The molecule has 3 aromatic rings. The average Bonchev–Trinajstić information content (AvgIpc) is 2.91. The zero-order valence-corrected chi connectivity index (χ0v) is 22.6. The van der Waals surface area contributed by atoms with Crippen LogP contribution in [0.1, 0.15) is 11.1 Å². The lowest BCUT2D eigenvalue weighted by atomic mass is 9.94. The van der Waals surface area contributed by atoms with Crippen LogP contribution in [0.2, 0.25) is 0 Å². The number of likely N-dealkylation sites (tertiary alicyclic amines) is 1. The zero-order chi connectivity index (χ0) is 28.3. The molecule has 2 aromatic heterocycles. The van der Waals surface area contributed by atoms with Crippen LogP contribution in [0.4, 0.5) is 10.7 Å². The molecule has 12 heteroatoms. The lowest BCUT2D eigenvalue weighted by Crippen LogP contribution is -2.54. The van der Waals surface area contributed by atoms with Crippen LogP contribution in [0.25, 0.3) is 22.2 Å². The molecule has 0 aliphatic carbocycles. The van der Waals surface area contributed by atoms with Crippen molar-refractivity contribution in [3.8, 4) is 22.6 Å². The summed E-state index contributed by atoms with van der Waals surface area (Å²) < 4.78 is 23.2. The molecule has 0 bridgehead atoms. The number of carbonyl (C=O) groups is 2. The normalized spacial score (nSPS) is 13.1. The van der Waals surface area contributed by atoms with E-state index in [9.17, 15) is 14.4 Å². The molecule has 1 fully saturated rings. The molecule has 1 aromatic carbocycles. The lowest BCUT2D eigenvalue weighted by molar-refractivity contribution is -0.139. The van der Waals surface area contributed by atoms with Crippen molar-refractivity contribution in [2.75, 3.05) is 46.3 Å². The highest BCUT2D eigenvalue weighted by atomic mass is 16.5. The van der Waals surface area contributed by atoms with E-state index in [4.69, 9.17) is 14.2 Å². The van der Waals surface area contributed by atoms with E-state index in [0.29, 0.717) is 46.7 Å². The van der Waals surface area contributed by atoms with Gasteiger partial charge >= 0.3 is 6.09 Å². The first-order chi connectivity index (χ1) is 18.7. The molecule has 1 N–H and O–H groups in total. The topological polar surface area (TPSA) is 134 Å².